The lowest BCUT2D eigenvalue weighted by Gasteiger charge is -2.34. The molecule has 2 heterocycles. The van der Waals surface area contributed by atoms with Gasteiger partial charge in [0.1, 0.15) is 0 Å². The molecule has 0 radical (unpaired) electrons. The Balaban J connectivity index is 2.07. The summed E-state index contributed by atoms with van der Waals surface area (Å²) >= 11 is 0. The molecule has 0 aromatic carbocycles. The van der Waals surface area contributed by atoms with Crippen LogP contribution in [0, 0.1) is 18.3 Å². The molecular weight excluding hydrogens is 288 g/mol. The summed E-state index contributed by atoms with van der Waals surface area (Å²) < 4.78 is 23.3. The Bertz CT molecular complexity index is 524. The number of nitrogens with zero attached hydrogens (tertiary/aromatic N) is 1. The van der Waals surface area contributed by atoms with Crippen LogP contribution in [0.2, 0.25) is 0 Å². The van der Waals surface area contributed by atoms with Crippen LogP contribution >= 0.6 is 0 Å². The molecule has 0 bridgehead atoms. The molecule has 2 aliphatic rings. The van der Waals surface area contributed by atoms with Gasteiger partial charge in [-0.2, -0.15) is 0 Å². The van der Waals surface area contributed by atoms with Gasteiger partial charge in [-0.1, -0.05) is 19.3 Å². The van der Waals surface area contributed by atoms with Gasteiger partial charge in [0.25, 0.3) is 0 Å². The third-order valence-corrected chi connectivity index (χ3v) is 6.33. The Morgan fingerprint density at radius 2 is 2.19 bits per heavy atom. The molecular formula is C15H24N2O3S. The largest absolute Gasteiger partial charge is 0.326 e. The highest BCUT2D eigenvalue weighted by Crippen LogP contribution is 2.23. The first-order valence-electron chi connectivity index (χ1n) is 7.64. The first kappa shape index (κ1) is 16.3. The first-order chi connectivity index (χ1) is 9.96. The second-order valence-corrected chi connectivity index (χ2v) is 8.26. The number of carbonyl (C=O) groups excluding carboxylic acids is 1. The molecule has 0 aliphatic carbocycles. The van der Waals surface area contributed by atoms with Crippen molar-refractivity contribution < 1.29 is 13.2 Å². The van der Waals surface area contributed by atoms with E-state index in [0.29, 0.717) is 12.3 Å². The lowest BCUT2D eigenvalue weighted by Crippen LogP contribution is -2.53. The molecule has 0 spiro atoms. The van der Waals surface area contributed by atoms with Crippen molar-refractivity contribution in [3.63, 3.8) is 0 Å². The number of rotatable bonds is 4. The number of hydrogen-bond donors (Lipinski definition) is 1. The summed E-state index contributed by atoms with van der Waals surface area (Å²) in [4.78, 5) is 14.3. The number of nitrogens with one attached hydrogen (secondary N) is 1. The van der Waals surface area contributed by atoms with Crippen LogP contribution in [0.3, 0.4) is 0 Å². The van der Waals surface area contributed by atoms with E-state index in [9.17, 15) is 13.2 Å². The molecule has 0 aromatic heterocycles. The Morgan fingerprint density at radius 3 is 2.76 bits per heavy atom. The minimum absolute atomic E-state index is 0.0341. The van der Waals surface area contributed by atoms with Crippen LogP contribution < -0.4 is 5.32 Å². The van der Waals surface area contributed by atoms with E-state index in [1.807, 2.05) is 0 Å². The number of amides is 1. The van der Waals surface area contributed by atoms with Crippen LogP contribution in [0.15, 0.2) is 0 Å². The van der Waals surface area contributed by atoms with E-state index >= 15 is 0 Å². The van der Waals surface area contributed by atoms with Crippen molar-refractivity contribution >= 4 is 15.7 Å². The Hall–Kier alpha value is -1.06. The highest BCUT2D eigenvalue weighted by molar-refractivity contribution is 7.91. The lowest BCUT2D eigenvalue weighted by atomic mass is 9.89. The zero-order chi connectivity index (χ0) is 15.5. The maximum atomic E-state index is 12.7. The molecule has 2 rings (SSSR count). The fourth-order valence-electron chi connectivity index (χ4n) is 3.26. The summed E-state index contributed by atoms with van der Waals surface area (Å²) in [6.07, 6.45) is 8.85. The van der Waals surface area contributed by atoms with Crippen molar-refractivity contribution in [1.29, 1.82) is 0 Å². The third-order valence-electron chi connectivity index (χ3n) is 4.58. The molecule has 3 atom stereocenters. The van der Waals surface area contributed by atoms with E-state index in [-0.39, 0.29) is 36.0 Å². The molecule has 2 aliphatic heterocycles. The summed E-state index contributed by atoms with van der Waals surface area (Å²) in [5.74, 6) is 3.22. The highest BCUT2D eigenvalue weighted by atomic mass is 32.2. The second-order valence-electron chi connectivity index (χ2n) is 6.03. The summed E-state index contributed by atoms with van der Waals surface area (Å²) in [7, 11) is -3.02. The standard InChI is InChI=1S/C15H24N2O3S/c1-3-8-17(13-6-9-21(19,20)11-13)15(18)14-10-12(4-2)5-7-16-14/h1,12-14,16H,4-11H2,2H3. The topological polar surface area (TPSA) is 66.5 Å². The maximum Gasteiger partial charge on any atom is 0.240 e. The van der Waals surface area contributed by atoms with Gasteiger partial charge in [0.15, 0.2) is 9.84 Å². The second kappa shape index (κ2) is 6.80. The molecule has 21 heavy (non-hydrogen) atoms. The van der Waals surface area contributed by atoms with Crippen molar-refractivity contribution in [2.45, 2.75) is 44.7 Å². The number of carbonyl (C=O) groups is 1. The van der Waals surface area contributed by atoms with Gasteiger partial charge in [-0.05, 0) is 31.7 Å². The van der Waals surface area contributed by atoms with E-state index in [0.717, 1.165) is 25.8 Å². The minimum Gasteiger partial charge on any atom is -0.326 e. The van der Waals surface area contributed by atoms with Gasteiger partial charge in [0.2, 0.25) is 5.91 Å². The van der Waals surface area contributed by atoms with Crippen LogP contribution in [-0.2, 0) is 14.6 Å². The van der Waals surface area contributed by atoms with Crippen molar-refractivity contribution in [2.75, 3.05) is 24.6 Å². The predicted molar refractivity (Wildman–Crippen MR) is 82.4 cm³/mol. The summed E-state index contributed by atoms with van der Waals surface area (Å²) in [5, 5.41) is 3.26. The summed E-state index contributed by atoms with van der Waals surface area (Å²) in [5.41, 5.74) is 0. The molecule has 1 amide bonds. The zero-order valence-electron chi connectivity index (χ0n) is 12.5. The smallest absolute Gasteiger partial charge is 0.240 e. The molecule has 1 N–H and O–H groups in total. The fourth-order valence-corrected chi connectivity index (χ4v) is 4.99. The number of hydrogen-bond acceptors (Lipinski definition) is 4. The minimum atomic E-state index is -3.02. The molecule has 3 unspecified atom stereocenters. The molecule has 0 saturated carbocycles. The van der Waals surface area contributed by atoms with Gasteiger partial charge in [-0.3, -0.25) is 4.79 Å². The molecule has 6 heteroatoms. The van der Waals surface area contributed by atoms with Crippen LogP contribution in [0.4, 0.5) is 0 Å². The van der Waals surface area contributed by atoms with Crippen LogP contribution in [-0.4, -0.2) is 55.9 Å². The van der Waals surface area contributed by atoms with Gasteiger partial charge < -0.3 is 10.2 Å². The molecule has 2 fully saturated rings. The Labute approximate surface area is 127 Å². The molecule has 0 aromatic rings. The van der Waals surface area contributed by atoms with Crippen LogP contribution in [0.1, 0.15) is 32.6 Å². The predicted octanol–water partition coefficient (Wildman–Crippen LogP) is 0.414. The van der Waals surface area contributed by atoms with Crippen LogP contribution in [0.5, 0.6) is 0 Å². The van der Waals surface area contributed by atoms with Gasteiger partial charge in [-0.15, -0.1) is 6.42 Å². The highest BCUT2D eigenvalue weighted by Gasteiger charge is 2.37. The van der Waals surface area contributed by atoms with Crippen molar-refractivity contribution in [3.05, 3.63) is 0 Å². The van der Waals surface area contributed by atoms with E-state index in [1.165, 1.54) is 0 Å². The average Bonchev–Trinajstić information content (AvgIpc) is 2.84. The van der Waals surface area contributed by atoms with Gasteiger partial charge in [0, 0.05) is 6.04 Å². The first-order valence-corrected chi connectivity index (χ1v) is 9.46. The number of terminal acetylenes is 1. The fraction of sp³-hybridized carbons (Fsp3) is 0.800. The molecule has 118 valence electrons. The quantitative estimate of drug-likeness (QED) is 0.764. The number of sulfone groups is 1. The third kappa shape index (κ3) is 3.98. The van der Waals surface area contributed by atoms with Gasteiger partial charge in [-0.25, -0.2) is 8.42 Å². The van der Waals surface area contributed by atoms with E-state index in [2.05, 4.69) is 18.2 Å². The summed E-state index contributed by atoms with van der Waals surface area (Å²) in [6, 6.07) is -0.484. The van der Waals surface area contributed by atoms with Crippen molar-refractivity contribution in [2.24, 2.45) is 5.92 Å². The number of piperidine rings is 1. The SMILES string of the molecule is C#CCN(C(=O)C1CC(CC)CCN1)C1CCS(=O)(=O)C1. The van der Waals surface area contributed by atoms with E-state index in [4.69, 9.17) is 6.42 Å². The monoisotopic (exact) mass is 312 g/mol. The molecule has 5 nitrogen and oxygen atoms in total. The van der Waals surface area contributed by atoms with Gasteiger partial charge in [0.05, 0.1) is 24.1 Å². The maximum absolute atomic E-state index is 12.7. The van der Waals surface area contributed by atoms with Crippen molar-refractivity contribution in [1.82, 2.24) is 10.2 Å². The lowest BCUT2D eigenvalue weighted by molar-refractivity contribution is -0.135. The normalized spacial score (nSPS) is 31.5. The van der Waals surface area contributed by atoms with E-state index in [1.54, 1.807) is 4.90 Å². The Morgan fingerprint density at radius 1 is 1.43 bits per heavy atom. The Kier molecular flexibility index (Phi) is 5.28. The zero-order valence-corrected chi connectivity index (χ0v) is 13.4. The van der Waals surface area contributed by atoms with Crippen molar-refractivity contribution in [3.8, 4) is 12.3 Å². The van der Waals surface area contributed by atoms with Crippen LogP contribution in [0.25, 0.3) is 0 Å². The van der Waals surface area contributed by atoms with E-state index < -0.39 is 9.84 Å². The molecule has 2 saturated heterocycles. The average molecular weight is 312 g/mol. The van der Waals surface area contributed by atoms with Gasteiger partial charge >= 0.3 is 0 Å². The summed E-state index contributed by atoms with van der Waals surface area (Å²) in [6.45, 7) is 3.16.